The number of hydrogen-bond donors (Lipinski definition) is 1. The number of aliphatic hydroxyl groups excluding tert-OH is 1. The van der Waals surface area contributed by atoms with Crippen molar-refractivity contribution < 1.29 is 14.6 Å². The maximum absolute atomic E-state index is 9.40. The van der Waals surface area contributed by atoms with E-state index in [1.807, 2.05) is 31.2 Å². The van der Waals surface area contributed by atoms with Crippen molar-refractivity contribution in [3.8, 4) is 11.5 Å². The SMILES string of the molecule is C=C(O)[C@H]1COc2ccc3nc(C)ccc3c2O1. The topological polar surface area (TPSA) is 51.6 Å². The molecule has 0 spiro atoms. The van der Waals surface area contributed by atoms with Gasteiger partial charge in [-0.2, -0.15) is 0 Å². The van der Waals surface area contributed by atoms with Crippen molar-refractivity contribution in [2.24, 2.45) is 0 Å². The number of ether oxygens (including phenoxy) is 2. The van der Waals surface area contributed by atoms with Crippen molar-refractivity contribution >= 4 is 10.9 Å². The van der Waals surface area contributed by atoms with E-state index in [0.29, 0.717) is 11.5 Å². The average molecular weight is 243 g/mol. The van der Waals surface area contributed by atoms with Gasteiger partial charge in [-0.15, -0.1) is 0 Å². The number of pyridine rings is 1. The highest BCUT2D eigenvalue weighted by Crippen LogP contribution is 2.38. The number of hydrogen-bond acceptors (Lipinski definition) is 4. The third-order valence-corrected chi connectivity index (χ3v) is 2.95. The third-order valence-electron chi connectivity index (χ3n) is 2.95. The predicted molar refractivity (Wildman–Crippen MR) is 68.2 cm³/mol. The zero-order valence-electron chi connectivity index (χ0n) is 10.0. The van der Waals surface area contributed by atoms with Crippen molar-refractivity contribution in [1.82, 2.24) is 4.98 Å². The van der Waals surface area contributed by atoms with Crippen LogP contribution in [0.25, 0.3) is 10.9 Å². The van der Waals surface area contributed by atoms with Crippen molar-refractivity contribution in [3.63, 3.8) is 0 Å². The zero-order chi connectivity index (χ0) is 12.7. The second-order valence-corrected chi connectivity index (χ2v) is 4.32. The smallest absolute Gasteiger partial charge is 0.188 e. The molecule has 0 saturated heterocycles. The molecule has 92 valence electrons. The summed E-state index contributed by atoms with van der Waals surface area (Å²) >= 11 is 0. The summed E-state index contributed by atoms with van der Waals surface area (Å²) in [6.45, 7) is 5.69. The van der Waals surface area contributed by atoms with Crippen LogP contribution in [0.15, 0.2) is 36.6 Å². The lowest BCUT2D eigenvalue weighted by atomic mass is 10.1. The van der Waals surface area contributed by atoms with Crippen LogP contribution in [0.4, 0.5) is 0 Å². The zero-order valence-corrected chi connectivity index (χ0v) is 10.0. The van der Waals surface area contributed by atoms with Crippen molar-refractivity contribution in [2.45, 2.75) is 13.0 Å². The Balaban J connectivity index is 2.16. The highest BCUT2D eigenvalue weighted by atomic mass is 16.6. The Kier molecular flexibility index (Phi) is 2.37. The van der Waals surface area contributed by atoms with Gasteiger partial charge < -0.3 is 14.6 Å². The molecule has 1 aromatic carbocycles. The molecule has 1 aliphatic rings. The molecule has 0 bridgehead atoms. The summed E-state index contributed by atoms with van der Waals surface area (Å²) in [6, 6.07) is 7.60. The maximum atomic E-state index is 9.40. The van der Waals surface area contributed by atoms with Gasteiger partial charge in [0, 0.05) is 11.1 Å². The van der Waals surface area contributed by atoms with E-state index in [0.717, 1.165) is 16.6 Å². The van der Waals surface area contributed by atoms with Crippen molar-refractivity contribution in [3.05, 3.63) is 42.3 Å². The summed E-state index contributed by atoms with van der Waals surface area (Å²) in [5, 5.41) is 10.3. The number of aromatic nitrogens is 1. The first-order valence-corrected chi connectivity index (χ1v) is 5.73. The lowest BCUT2D eigenvalue weighted by Gasteiger charge is -2.26. The Labute approximate surface area is 104 Å². The molecule has 0 fully saturated rings. The Bertz CT molecular complexity index is 636. The quantitative estimate of drug-likeness (QED) is 0.782. The second kappa shape index (κ2) is 3.91. The third kappa shape index (κ3) is 1.66. The summed E-state index contributed by atoms with van der Waals surface area (Å²) in [7, 11) is 0. The molecule has 0 saturated carbocycles. The molecule has 1 aromatic heterocycles. The van der Waals surface area contributed by atoms with Gasteiger partial charge in [0.2, 0.25) is 0 Å². The van der Waals surface area contributed by atoms with Crippen LogP contribution in [-0.4, -0.2) is 22.8 Å². The van der Waals surface area contributed by atoms with Gasteiger partial charge in [-0.05, 0) is 31.2 Å². The van der Waals surface area contributed by atoms with E-state index >= 15 is 0 Å². The molecule has 1 N–H and O–H groups in total. The minimum absolute atomic E-state index is 0.0299. The summed E-state index contributed by atoms with van der Waals surface area (Å²) < 4.78 is 11.3. The van der Waals surface area contributed by atoms with Crippen LogP contribution in [-0.2, 0) is 0 Å². The molecular weight excluding hydrogens is 230 g/mol. The molecule has 0 unspecified atom stereocenters. The molecular formula is C14H13NO3. The highest BCUT2D eigenvalue weighted by molar-refractivity contribution is 5.88. The van der Waals surface area contributed by atoms with Crippen LogP contribution in [0.1, 0.15) is 5.69 Å². The molecule has 0 radical (unpaired) electrons. The fourth-order valence-electron chi connectivity index (χ4n) is 2.00. The molecule has 1 aliphatic heterocycles. The van der Waals surface area contributed by atoms with E-state index in [4.69, 9.17) is 9.47 Å². The summed E-state index contributed by atoms with van der Waals surface area (Å²) in [5.41, 5.74) is 1.80. The minimum atomic E-state index is -0.524. The van der Waals surface area contributed by atoms with Gasteiger partial charge in [0.1, 0.15) is 12.4 Å². The number of aliphatic hydroxyl groups is 1. The molecule has 2 heterocycles. The van der Waals surface area contributed by atoms with Gasteiger partial charge in [0.05, 0.1) is 5.52 Å². The first-order valence-electron chi connectivity index (χ1n) is 5.73. The van der Waals surface area contributed by atoms with E-state index in [9.17, 15) is 5.11 Å². The van der Waals surface area contributed by atoms with Gasteiger partial charge in [0.25, 0.3) is 0 Å². The number of rotatable bonds is 1. The number of benzene rings is 1. The van der Waals surface area contributed by atoms with E-state index in [-0.39, 0.29) is 12.4 Å². The lowest BCUT2D eigenvalue weighted by Crippen LogP contribution is -2.30. The van der Waals surface area contributed by atoms with Crippen LogP contribution < -0.4 is 9.47 Å². The van der Waals surface area contributed by atoms with E-state index < -0.39 is 6.10 Å². The Morgan fingerprint density at radius 2 is 2.22 bits per heavy atom. The number of aryl methyl sites for hydroxylation is 1. The molecule has 0 aliphatic carbocycles. The fourth-order valence-corrected chi connectivity index (χ4v) is 2.00. The number of fused-ring (bicyclic) bond motifs is 3. The Morgan fingerprint density at radius 1 is 1.39 bits per heavy atom. The standard InChI is InChI=1S/C14H13NO3/c1-8-3-4-10-11(15-8)5-6-12-14(10)18-13(7-17-12)9(2)16/h3-6,13,16H,2,7H2,1H3/t13-/m1/s1. The van der Waals surface area contributed by atoms with E-state index in [1.54, 1.807) is 0 Å². The van der Waals surface area contributed by atoms with Gasteiger partial charge in [-0.3, -0.25) is 4.98 Å². The van der Waals surface area contributed by atoms with Gasteiger partial charge in [-0.25, -0.2) is 0 Å². The first kappa shape index (κ1) is 10.9. The Hall–Kier alpha value is -2.23. The van der Waals surface area contributed by atoms with Gasteiger partial charge in [-0.1, -0.05) is 6.58 Å². The number of nitrogens with zero attached hydrogens (tertiary/aromatic N) is 1. The van der Waals surface area contributed by atoms with Crippen LogP contribution in [0.2, 0.25) is 0 Å². The van der Waals surface area contributed by atoms with Crippen LogP contribution in [0, 0.1) is 6.92 Å². The van der Waals surface area contributed by atoms with Crippen molar-refractivity contribution in [2.75, 3.05) is 6.61 Å². The maximum Gasteiger partial charge on any atom is 0.188 e. The van der Waals surface area contributed by atoms with Crippen LogP contribution >= 0.6 is 0 Å². The van der Waals surface area contributed by atoms with Crippen molar-refractivity contribution in [1.29, 1.82) is 0 Å². The molecule has 3 rings (SSSR count). The normalized spacial score (nSPS) is 17.7. The summed E-state index contributed by atoms with van der Waals surface area (Å²) in [5.74, 6) is 1.26. The predicted octanol–water partition coefficient (Wildman–Crippen LogP) is 2.75. The molecule has 4 heteroatoms. The summed E-state index contributed by atoms with van der Waals surface area (Å²) in [4.78, 5) is 4.43. The van der Waals surface area contributed by atoms with E-state index in [2.05, 4.69) is 11.6 Å². The Morgan fingerprint density at radius 3 is 3.00 bits per heavy atom. The lowest BCUT2D eigenvalue weighted by molar-refractivity contribution is 0.0867. The van der Waals surface area contributed by atoms with Gasteiger partial charge in [0.15, 0.2) is 17.6 Å². The monoisotopic (exact) mass is 243 g/mol. The largest absolute Gasteiger partial charge is 0.509 e. The molecule has 1 atom stereocenters. The first-order chi connectivity index (χ1) is 8.65. The minimum Gasteiger partial charge on any atom is -0.509 e. The van der Waals surface area contributed by atoms with Crippen LogP contribution in [0.5, 0.6) is 11.5 Å². The average Bonchev–Trinajstić information content (AvgIpc) is 2.37. The molecule has 4 nitrogen and oxygen atoms in total. The summed E-state index contributed by atoms with van der Waals surface area (Å²) in [6.07, 6.45) is -0.524. The van der Waals surface area contributed by atoms with Crippen LogP contribution in [0.3, 0.4) is 0 Å². The van der Waals surface area contributed by atoms with E-state index in [1.165, 1.54) is 0 Å². The molecule has 0 amide bonds. The molecule has 18 heavy (non-hydrogen) atoms. The highest BCUT2D eigenvalue weighted by Gasteiger charge is 2.25. The van der Waals surface area contributed by atoms with Gasteiger partial charge >= 0.3 is 0 Å². The fraction of sp³-hybridized carbons (Fsp3) is 0.214. The second-order valence-electron chi connectivity index (χ2n) is 4.32. The molecule has 2 aromatic rings.